The highest BCUT2D eigenvalue weighted by molar-refractivity contribution is 6.42. The first-order chi connectivity index (χ1) is 12.1. The van der Waals surface area contributed by atoms with Gasteiger partial charge in [-0.2, -0.15) is 0 Å². The summed E-state index contributed by atoms with van der Waals surface area (Å²) in [6, 6.07) is 5.41. The van der Waals surface area contributed by atoms with Gasteiger partial charge in [-0.1, -0.05) is 42.6 Å². The summed E-state index contributed by atoms with van der Waals surface area (Å²) in [5, 5.41) is 0.979. The summed E-state index contributed by atoms with van der Waals surface area (Å²) in [6.07, 6.45) is 4.53. The molecule has 132 valence electrons. The van der Waals surface area contributed by atoms with Crippen LogP contribution in [0.1, 0.15) is 41.1 Å². The molecule has 0 saturated carbocycles. The van der Waals surface area contributed by atoms with Crippen LogP contribution >= 0.6 is 23.2 Å². The number of nitrogens with zero attached hydrogens (tertiary/aromatic N) is 3. The number of benzene rings is 1. The zero-order valence-corrected chi connectivity index (χ0v) is 15.4. The van der Waals surface area contributed by atoms with Gasteiger partial charge in [-0.3, -0.25) is 4.79 Å². The molecule has 0 radical (unpaired) electrons. The molecule has 2 aromatic rings. The third kappa shape index (κ3) is 4.11. The molecule has 7 heteroatoms. The first kappa shape index (κ1) is 18.1. The second-order valence-corrected chi connectivity index (χ2v) is 6.73. The SMILES string of the molecule is CCCc1ncncc1C(=O)N1CCOC(c2ccc(Cl)c(Cl)c2)C1. The summed E-state index contributed by atoms with van der Waals surface area (Å²) in [6.45, 7) is 3.52. The summed E-state index contributed by atoms with van der Waals surface area (Å²) < 4.78 is 5.83. The van der Waals surface area contributed by atoms with Crippen LogP contribution in [-0.2, 0) is 11.2 Å². The fraction of sp³-hybridized carbons (Fsp3) is 0.389. The highest BCUT2D eigenvalue weighted by Gasteiger charge is 2.28. The molecule has 1 amide bonds. The van der Waals surface area contributed by atoms with Crippen LogP contribution in [0.2, 0.25) is 10.0 Å². The Hall–Kier alpha value is -1.69. The molecule has 1 aromatic carbocycles. The topological polar surface area (TPSA) is 55.3 Å². The van der Waals surface area contributed by atoms with Crippen LogP contribution in [0.15, 0.2) is 30.7 Å². The van der Waals surface area contributed by atoms with Gasteiger partial charge in [-0.25, -0.2) is 9.97 Å². The van der Waals surface area contributed by atoms with Crippen molar-refractivity contribution in [3.05, 3.63) is 57.6 Å². The van der Waals surface area contributed by atoms with Crippen molar-refractivity contribution in [2.75, 3.05) is 19.7 Å². The Morgan fingerprint density at radius 3 is 2.96 bits per heavy atom. The molecule has 3 rings (SSSR count). The maximum atomic E-state index is 12.9. The van der Waals surface area contributed by atoms with Gasteiger partial charge in [-0.15, -0.1) is 0 Å². The van der Waals surface area contributed by atoms with Gasteiger partial charge >= 0.3 is 0 Å². The standard InChI is InChI=1S/C18H19Cl2N3O2/c1-2-3-16-13(9-21-11-22-16)18(24)23-6-7-25-17(10-23)12-4-5-14(19)15(20)8-12/h4-5,8-9,11,17H,2-3,6-7,10H2,1H3. The van der Waals surface area contributed by atoms with Crippen LogP contribution in [0.25, 0.3) is 0 Å². The highest BCUT2D eigenvalue weighted by Crippen LogP contribution is 2.29. The number of rotatable bonds is 4. The number of ether oxygens (including phenoxy) is 1. The van der Waals surface area contributed by atoms with Gasteiger partial charge in [0.15, 0.2) is 0 Å². The Bertz CT molecular complexity index is 770. The Kier molecular flexibility index (Phi) is 5.89. The van der Waals surface area contributed by atoms with Crippen molar-refractivity contribution >= 4 is 29.1 Å². The molecule has 1 saturated heterocycles. The van der Waals surface area contributed by atoms with Gasteiger partial charge in [0.25, 0.3) is 5.91 Å². The fourth-order valence-corrected chi connectivity index (χ4v) is 3.19. The smallest absolute Gasteiger partial charge is 0.257 e. The summed E-state index contributed by atoms with van der Waals surface area (Å²) in [5.74, 6) is -0.0580. The molecule has 1 atom stereocenters. The van der Waals surface area contributed by atoms with Gasteiger partial charge in [0.05, 0.1) is 34.5 Å². The normalized spacial score (nSPS) is 17.6. The van der Waals surface area contributed by atoms with Crippen molar-refractivity contribution in [1.82, 2.24) is 14.9 Å². The van der Waals surface area contributed by atoms with Crippen molar-refractivity contribution < 1.29 is 9.53 Å². The number of aryl methyl sites for hydroxylation is 1. The average molecular weight is 380 g/mol. The molecular weight excluding hydrogens is 361 g/mol. The van der Waals surface area contributed by atoms with Crippen molar-refractivity contribution in [2.24, 2.45) is 0 Å². The third-order valence-corrected chi connectivity index (χ3v) is 4.92. The van der Waals surface area contributed by atoms with Gasteiger partial charge in [0, 0.05) is 12.7 Å². The minimum absolute atomic E-state index is 0.0580. The Balaban J connectivity index is 1.79. The minimum Gasteiger partial charge on any atom is -0.370 e. The van der Waals surface area contributed by atoms with Crippen LogP contribution in [0, 0.1) is 0 Å². The van der Waals surface area contributed by atoms with Crippen LogP contribution in [0.5, 0.6) is 0 Å². The van der Waals surface area contributed by atoms with E-state index in [0.29, 0.717) is 35.3 Å². The first-order valence-electron chi connectivity index (χ1n) is 8.25. The van der Waals surface area contributed by atoms with E-state index in [0.717, 1.165) is 24.1 Å². The van der Waals surface area contributed by atoms with Crippen molar-refractivity contribution in [1.29, 1.82) is 0 Å². The van der Waals surface area contributed by atoms with Crippen LogP contribution < -0.4 is 0 Å². The van der Waals surface area contributed by atoms with E-state index < -0.39 is 0 Å². The minimum atomic E-state index is -0.230. The van der Waals surface area contributed by atoms with Crippen LogP contribution in [-0.4, -0.2) is 40.5 Å². The summed E-state index contributed by atoms with van der Waals surface area (Å²) >= 11 is 12.1. The van der Waals surface area contributed by atoms with E-state index in [2.05, 4.69) is 16.9 Å². The fourth-order valence-electron chi connectivity index (χ4n) is 2.89. The monoisotopic (exact) mass is 379 g/mol. The molecule has 1 unspecified atom stereocenters. The Labute approximate surface area is 156 Å². The van der Waals surface area contributed by atoms with Crippen molar-refractivity contribution in [2.45, 2.75) is 25.9 Å². The van der Waals surface area contributed by atoms with Gasteiger partial charge in [-0.05, 0) is 24.1 Å². The van der Waals surface area contributed by atoms with Crippen molar-refractivity contribution in [3.63, 3.8) is 0 Å². The van der Waals surface area contributed by atoms with Gasteiger partial charge in [0.1, 0.15) is 12.4 Å². The molecule has 0 spiro atoms. The predicted molar refractivity (Wildman–Crippen MR) is 97.1 cm³/mol. The second-order valence-electron chi connectivity index (χ2n) is 5.92. The summed E-state index contributed by atoms with van der Waals surface area (Å²) in [4.78, 5) is 23.0. The number of halogens is 2. The van der Waals surface area contributed by atoms with E-state index in [1.165, 1.54) is 6.33 Å². The van der Waals surface area contributed by atoms with Gasteiger partial charge in [0.2, 0.25) is 0 Å². The molecule has 0 N–H and O–H groups in total. The Morgan fingerprint density at radius 2 is 2.20 bits per heavy atom. The van der Waals surface area contributed by atoms with Gasteiger partial charge < -0.3 is 9.64 Å². The van der Waals surface area contributed by atoms with Crippen LogP contribution in [0.4, 0.5) is 0 Å². The highest BCUT2D eigenvalue weighted by atomic mass is 35.5. The number of carbonyl (C=O) groups excluding carboxylic acids is 1. The zero-order chi connectivity index (χ0) is 17.8. The number of hydrogen-bond donors (Lipinski definition) is 0. The van der Waals surface area contributed by atoms with E-state index in [4.69, 9.17) is 27.9 Å². The lowest BCUT2D eigenvalue weighted by molar-refractivity contribution is -0.0228. The van der Waals surface area contributed by atoms with E-state index in [9.17, 15) is 4.79 Å². The number of morpholine rings is 1. The third-order valence-electron chi connectivity index (χ3n) is 4.18. The van der Waals surface area contributed by atoms with Crippen LogP contribution in [0.3, 0.4) is 0 Å². The largest absolute Gasteiger partial charge is 0.370 e. The molecule has 25 heavy (non-hydrogen) atoms. The molecule has 1 aliphatic rings. The lowest BCUT2D eigenvalue weighted by atomic mass is 10.1. The number of hydrogen-bond acceptors (Lipinski definition) is 4. The summed E-state index contributed by atoms with van der Waals surface area (Å²) in [5.41, 5.74) is 2.27. The molecule has 0 aliphatic carbocycles. The molecule has 1 aliphatic heterocycles. The molecule has 1 aromatic heterocycles. The van der Waals surface area contributed by atoms with E-state index in [1.54, 1.807) is 23.2 Å². The number of amides is 1. The maximum absolute atomic E-state index is 12.9. The Morgan fingerprint density at radius 1 is 1.36 bits per heavy atom. The van der Waals surface area contributed by atoms with E-state index >= 15 is 0 Å². The molecule has 0 bridgehead atoms. The van der Waals surface area contributed by atoms with Crippen molar-refractivity contribution in [3.8, 4) is 0 Å². The maximum Gasteiger partial charge on any atom is 0.257 e. The second kappa shape index (κ2) is 8.13. The lowest BCUT2D eigenvalue weighted by Crippen LogP contribution is -2.42. The molecule has 2 heterocycles. The molecule has 1 fully saturated rings. The number of carbonyl (C=O) groups is 1. The lowest BCUT2D eigenvalue weighted by Gasteiger charge is -2.33. The average Bonchev–Trinajstić information content (AvgIpc) is 2.64. The first-order valence-corrected chi connectivity index (χ1v) is 9.00. The number of aromatic nitrogens is 2. The molecule has 5 nitrogen and oxygen atoms in total. The summed E-state index contributed by atoms with van der Waals surface area (Å²) in [7, 11) is 0. The predicted octanol–water partition coefficient (Wildman–Crippen LogP) is 3.95. The molecular formula is C18H19Cl2N3O2. The zero-order valence-electron chi connectivity index (χ0n) is 13.9. The quantitative estimate of drug-likeness (QED) is 0.806. The van der Waals surface area contributed by atoms with E-state index in [-0.39, 0.29) is 12.0 Å². The van der Waals surface area contributed by atoms with E-state index in [1.807, 2.05) is 6.07 Å².